The smallest absolute Gasteiger partial charge is 0.306 e. The van der Waals surface area contributed by atoms with E-state index in [0.717, 1.165) is 38.0 Å². The number of benzene rings is 1. The van der Waals surface area contributed by atoms with Crippen LogP contribution in [0.3, 0.4) is 0 Å². The van der Waals surface area contributed by atoms with E-state index >= 15 is 0 Å². The van der Waals surface area contributed by atoms with Gasteiger partial charge in [-0.15, -0.1) is 0 Å². The molecule has 1 N–H and O–H groups in total. The topological polar surface area (TPSA) is 46.5 Å². The molecule has 0 bridgehead atoms. The second-order valence-corrected chi connectivity index (χ2v) is 6.25. The van der Waals surface area contributed by atoms with Gasteiger partial charge in [-0.25, -0.2) is 0 Å². The molecule has 0 heterocycles. The van der Waals surface area contributed by atoms with Gasteiger partial charge in [0.1, 0.15) is 5.75 Å². The number of aliphatic carboxylic acids is 1. The van der Waals surface area contributed by atoms with Gasteiger partial charge in [0.15, 0.2) is 0 Å². The van der Waals surface area contributed by atoms with Gasteiger partial charge in [-0.3, -0.25) is 4.79 Å². The maximum absolute atomic E-state index is 11.2. The molecule has 0 spiro atoms. The monoisotopic (exact) mass is 290 g/mol. The van der Waals surface area contributed by atoms with Gasteiger partial charge in [0.05, 0.1) is 12.5 Å². The molecule has 0 amide bonds. The van der Waals surface area contributed by atoms with Gasteiger partial charge < -0.3 is 9.84 Å². The van der Waals surface area contributed by atoms with Gasteiger partial charge in [-0.05, 0) is 73.8 Å². The maximum Gasteiger partial charge on any atom is 0.306 e. The zero-order chi connectivity index (χ0) is 15.6. The zero-order valence-electron chi connectivity index (χ0n) is 13.5. The summed E-state index contributed by atoms with van der Waals surface area (Å²) in [5, 5.41) is 9.25. The Bertz CT molecular complexity index is 534. The molecule has 0 aromatic heterocycles. The van der Waals surface area contributed by atoms with Gasteiger partial charge in [0.2, 0.25) is 0 Å². The molecule has 3 nitrogen and oxygen atoms in total. The minimum absolute atomic E-state index is 0.231. The summed E-state index contributed by atoms with van der Waals surface area (Å²) in [6.45, 7) is 8.91. The molecule has 1 aromatic carbocycles. The molecule has 1 aromatic rings. The van der Waals surface area contributed by atoms with Gasteiger partial charge in [0.25, 0.3) is 0 Å². The van der Waals surface area contributed by atoms with Crippen molar-refractivity contribution < 1.29 is 14.6 Å². The molecular formula is C18H26O3. The molecule has 0 saturated carbocycles. The van der Waals surface area contributed by atoms with Crippen LogP contribution >= 0.6 is 0 Å². The summed E-state index contributed by atoms with van der Waals surface area (Å²) in [6, 6.07) is 2.14. The molecule has 1 unspecified atom stereocenters. The highest BCUT2D eigenvalue weighted by atomic mass is 16.5. The first kappa shape index (κ1) is 15.9. The summed E-state index contributed by atoms with van der Waals surface area (Å²) < 4.78 is 5.86. The molecule has 116 valence electrons. The first-order valence-electron chi connectivity index (χ1n) is 7.93. The fraction of sp³-hybridized carbons (Fsp3) is 0.611. The van der Waals surface area contributed by atoms with E-state index in [1.807, 2.05) is 6.92 Å². The average Bonchev–Trinajstić information content (AvgIpc) is 2.48. The summed E-state index contributed by atoms with van der Waals surface area (Å²) in [5.41, 5.74) is 5.21. The van der Waals surface area contributed by atoms with Crippen LogP contribution in [0, 0.1) is 25.7 Å². The molecule has 2 rings (SSSR count). The lowest BCUT2D eigenvalue weighted by Crippen LogP contribution is -2.27. The van der Waals surface area contributed by atoms with E-state index in [0.29, 0.717) is 0 Å². The number of hydrogen-bond donors (Lipinski definition) is 1. The van der Waals surface area contributed by atoms with Crippen LogP contribution in [-0.4, -0.2) is 17.7 Å². The average molecular weight is 290 g/mol. The molecule has 0 aliphatic heterocycles. The number of hydrogen-bond acceptors (Lipinski definition) is 2. The summed E-state index contributed by atoms with van der Waals surface area (Å²) >= 11 is 0. The summed E-state index contributed by atoms with van der Waals surface area (Å²) in [6.07, 6.45) is 3.81. The van der Waals surface area contributed by atoms with Crippen molar-refractivity contribution in [2.45, 2.75) is 53.4 Å². The number of rotatable bonds is 5. The molecule has 1 aliphatic carbocycles. The van der Waals surface area contributed by atoms with Gasteiger partial charge in [-0.2, -0.15) is 0 Å². The van der Waals surface area contributed by atoms with Crippen LogP contribution in [0.1, 0.15) is 48.9 Å². The Kier molecular flexibility index (Phi) is 4.92. The van der Waals surface area contributed by atoms with Crippen molar-refractivity contribution >= 4 is 5.97 Å². The lowest BCUT2D eigenvalue weighted by molar-refractivity contribution is -0.143. The van der Waals surface area contributed by atoms with Crippen LogP contribution in [0.4, 0.5) is 0 Å². The lowest BCUT2D eigenvalue weighted by atomic mass is 9.75. The quantitative estimate of drug-likeness (QED) is 0.894. The minimum Gasteiger partial charge on any atom is -0.493 e. The third kappa shape index (κ3) is 3.22. The summed E-state index contributed by atoms with van der Waals surface area (Å²) in [4.78, 5) is 11.2. The maximum atomic E-state index is 11.2. The molecule has 3 heteroatoms. The highest BCUT2D eigenvalue weighted by Crippen LogP contribution is 2.37. The second-order valence-electron chi connectivity index (χ2n) is 6.25. The molecule has 0 fully saturated rings. The number of carboxylic acids is 1. The number of fused-ring (bicyclic) bond motifs is 1. The van der Waals surface area contributed by atoms with Gasteiger partial charge >= 0.3 is 5.97 Å². The Morgan fingerprint density at radius 1 is 1.43 bits per heavy atom. The van der Waals surface area contributed by atoms with E-state index in [4.69, 9.17) is 4.74 Å². The predicted molar refractivity (Wildman–Crippen MR) is 84.0 cm³/mol. The van der Waals surface area contributed by atoms with Crippen LogP contribution in [-0.2, 0) is 17.6 Å². The van der Waals surface area contributed by atoms with Crippen molar-refractivity contribution in [3.05, 3.63) is 28.3 Å². The van der Waals surface area contributed by atoms with Crippen molar-refractivity contribution in [1.82, 2.24) is 0 Å². The largest absolute Gasteiger partial charge is 0.493 e. The number of carboxylic acid groups (broad SMARTS) is 1. The predicted octanol–water partition coefficient (Wildman–Crippen LogP) is 3.92. The van der Waals surface area contributed by atoms with Crippen LogP contribution in [0.2, 0.25) is 0 Å². The van der Waals surface area contributed by atoms with E-state index in [2.05, 4.69) is 26.8 Å². The first-order valence-corrected chi connectivity index (χ1v) is 7.93. The summed E-state index contributed by atoms with van der Waals surface area (Å²) in [7, 11) is 0. The molecule has 0 radical (unpaired) electrons. The molecular weight excluding hydrogens is 264 g/mol. The fourth-order valence-electron chi connectivity index (χ4n) is 3.31. The van der Waals surface area contributed by atoms with Crippen LogP contribution in [0.25, 0.3) is 0 Å². The van der Waals surface area contributed by atoms with Crippen molar-refractivity contribution in [2.24, 2.45) is 11.8 Å². The first-order chi connectivity index (χ1) is 9.95. The highest BCUT2D eigenvalue weighted by molar-refractivity contribution is 5.70. The van der Waals surface area contributed by atoms with Crippen LogP contribution in [0.5, 0.6) is 5.75 Å². The Morgan fingerprint density at radius 3 is 2.76 bits per heavy atom. The van der Waals surface area contributed by atoms with Crippen molar-refractivity contribution in [1.29, 1.82) is 0 Å². The standard InChI is InChI=1S/C18H26O3/c1-5-8-21-17-9-11(2)15-7-6-14(12(3)18(19)20)10-16(15)13(17)4/h9,12,14H,5-8,10H2,1-4H3,(H,19,20)/t12?,14-/m1/s1. The number of ether oxygens (including phenoxy) is 1. The third-order valence-corrected chi connectivity index (χ3v) is 4.80. The van der Waals surface area contributed by atoms with E-state index in [-0.39, 0.29) is 11.8 Å². The normalized spacial score (nSPS) is 19.0. The lowest BCUT2D eigenvalue weighted by Gasteiger charge is -2.30. The summed E-state index contributed by atoms with van der Waals surface area (Å²) in [5.74, 6) is 0.237. The number of aryl methyl sites for hydroxylation is 1. The molecule has 21 heavy (non-hydrogen) atoms. The van der Waals surface area contributed by atoms with Crippen molar-refractivity contribution in [2.75, 3.05) is 6.61 Å². The van der Waals surface area contributed by atoms with Crippen LogP contribution < -0.4 is 4.74 Å². The Labute approximate surface area is 127 Å². The van der Waals surface area contributed by atoms with E-state index in [1.54, 1.807) is 0 Å². The van der Waals surface area contributed by atoms with Crippen molar-refractivity contribution in [3.8, 4) is 5.75 Å². The van der Waals surface area contributed by atoms with Gasteiger partial charge in [-0.1, -0.05) is 13.8 Å². The Hall–Kier alpha value is -1.51. The van der Waals surface area contributed by atoms with Crippen molar-refractivity contribution in [3.63, 3.8) is 0 Å². The second kappa shape index (κ2) is 6.50. The Balaban J connectivity index is 2.32. The molecule has 0 saturated heterocycles. The number of carbonyl (C=O) groups is 1. The SMILES string of the molecule is CCCOc1cc(C)c2c(c1C)C[C@H](C(C)C(=O)O)CC2. The van der Waals surface area contributed by atoms with Gasteiger partial charge in [0, 0.05) is 0 Å². The highest BCUT2D eigenvalue weighted by Gasteiger charge is 2.30. The van der Waals surface area contributed by atoms with E-state index in [1.165, 1.54) is 22.3 Å². The van der Waals surface area contributed by atoms with E-state index < -0.39 is 5.97 Å². The molecule has 2 atom stereocenters. The Morgan fingerprint density at radius 2 is 2.14 bits per heavy atom. The van der Waals surface area contributed by atoms with Crippen LogP contribution in [0.15, 0.2) is 6.07 Å². The minimum atomic E-state index is -0.684. The fourth-order valence-corrected chi connectivity index (χ4v) is 3.31. The third-order valence-electron chi connectivity index (χ3n) is 4.80. The zero-order valence-corrected chi connectivity index (χ0v) is 13.5. The van der Waals surface area contributed by atoms with E-state index in [9.17, 15) is 9.90 Å². The molecule has 1 aliphatic rings.